The minimum absolute atomic E-state index is 1.02. The quantitative estimate of drug-likeness (QED) is 0.421. The van der Waals surface area contributed by atoms with Crippen molar-refractivity contribution in [2.75, 3.05) is 5.75 Å². The average molecular weight is 270 g/mol. The summed E-state index contributed by atoms with van der Waals surface area (Å²) in [5.41, 5.74) is 2.50. The summed E-state index contributed by atoms with van der Waals surface area (Å²) in [6.07, 6.45) is 0. The molecule has 0 radical (unpaired) electrons. The van der Waals surface area contributed by atoms with Gasteiger partial charge in [0.1, 0.15) is 3.82 Å². The minimum atomic E-state index is 1.02. The Kier molecular flexibility index (Phi) is 3.97. The monoisotopic (exact) mass is 270 g/mol. The van der Waals surface area contributed by atoms with E-state index in [4.69, 9.17) is 12.2 Å². The molecule has 0 saturated carbocycles. The molecule has 0 aliphatic rings. The highest BCUT2D eigenvalue weighted by Crippen LogP contribution is 2.40. The smallest absolute Gasteiger partial charge is 0.110 e. The summed E-state index contributed by atoms with van der Waals surface area (Å²) < 4.78 is 2.38. The second-order valence-corrected chi connectivity index (χ2v) is 7.26. The third-order valence-corrected chi connectivity index (χ3v) is 6.43. The SMILES string of the molecule is CCSc1ssc(=S)c1-c1ccccc1. The molecule has 1 aromatic heterocycles. The summed E-state index contributed by atoms with van der Waals surface area (Å²) in [4.78, 5) is 0. The summed E-state index contributed by atoms with van der Waals surface area (Å²) in [5, 5.41) is 0. The van der Waals surface area contributed by atoms with E-state index in [1.165, 1.54) is 15.3 Å². The predicted octanol–water partition coefficient (Wildman–Crippen LogP) is 5.32. The van der Waals surface area contributed by atoms with Gasteiger partial charge in [0.25, 0.3) is 0 Å². The molecule has 0 N–H and O–H groups in total. The fourth-order valence-electron chi connectivity index (χ4n) is 1.31. The van der Waals surface area contributed by atoms with Gasteiger partial charge in [-0.2, -0.15) is 0 Å². The zero-order valence-electron chi connectivity index (χ0n) is 8.23. The molecule has 0 atom stereocenters. The number of rotatable bonds is 3. The van der Waals surface area contributed by atoms with Crippen molar-refractivity contribution in [3.63, 3.8) is 0 Å². The molecule has 0 saturated heterocycles. The molecule has 1 aromatic carbocycles. The Morgan fingerprint density at radius 1 is 1.20 bits per heavy atom. The van der Waals surface area contributed by atoms with Crippen molar-refractivity contribution in [2.24, 2.45) is 0 Å². The van der Waals surface area contributed by atoms with Gasteiger partial charge in [0.05, 0.1) is 4.21 Å². The number of hydrogen-bond donors (Lipinski definition) is 0. The number of hydrogen-bond acceptors (Lipinski definition) is 4. The number of thioether (sulfide) groups is 1. The van der Waals surface area contributed by atoms with Crippen LogP contribution in [0.1, 0.15) is 6.92 Å². The Labute approximate surface area is 106 Å². The van der Waals surface area contributed by atoms with E-state index < -0.39 is 0 Å². The van der Waals surface area contributed by atoms with Crippen LogP contribution >= 0.6 is 44.7 Å². The van der Waals surface area contributed by atoms with Crippen LogP contribution in [-0.4, -0.2) is 5.75 Å². The molecule has 0 bridgehead atoms. The van der Waals surface area contributed by atoms with Crippen molar-refractivity contribution >= 4 is 44.7 Å². The highest BCUT2D eigenvalue weighted by Gasteiger charge is 2.09. The van der Waals surface area contributed by atoms with E-state index >= 15 is 0 Å². The molecule has 0 unspecified atom stereocenters. The van der Waals surface area contributed by atoms with Crippen LogP contribution in [0.2, 0.25) is 0 Å². The van der Waals surface area contributed by atoms with E-state index in [2.05, 4.69) is 31.2 Å². The molecule has 78 valence electrons. The first kappa shape index (κ1) is 11.3. The molecular weight excluding hydrogens is 260 g/mol. The molecule has 2 aromatic rings. The summed E-state index contributed by atoms with van der Waals surface area (Å²) in [5.74, 6) is 1.10. The van der Waals surface area contributed by atoms with Crippen LogP contribution in [-0.2, 0) is 0 Å². The summed E-state index contributed by atoms with van der Waals surface area (Å²) in [7, 11) is 3.50. The first-order valence-electron chi connectivity index (χ1n) is 4.64. The Balaban J connectivity index is 2.52. The molecular formula is C11H10S4. The van der Waals surface area contributed by atoms with Crippen LogP contribution in [0.5, 0.6) is 0 Å². The van der Waals surface area contributed by atoms with E-state index in [-0.39, 0.29) is 0 Å². The zero-order chi connectivity index (χ0) is 10.7. The molecule has 0 aliphatic carbocycles. The van der Waals surface area contributed by atoms with Crippen LogP contribution in [0.25, 0.3) is 11.1 Å². The van der Waals surface area contributed by atoms with E-state index in [1.54, 1.807) is 20.7 Å². The van der Waals surface area contributed by atoms with Gasteiger partial charge in [0.2, 0.25) is 0 Å². The molecule has 0 amide bonds. The third kappa shape index (κ3) is 2.50. The first-order valence-corrected chi connectivity index (χ1v) is 8.18. The normalized spacial score (nSPS) is 10.5. The lowest BCUT2D eigenvalue weighted by molar-refractivity contribution is 1.51. The Morgan fingerprint density at radius 2 is 1.93 bits per heavy atom. The molecule has 0 nitrogen and oxygen atoms in total. The van der Waals surface area contributed by atoms with Crippen molar-refractivity contribution in [2.45, 2.75) is 11.1 Å². The van der Waals surface area contributed by atoms with E-state index in [1.807, 2.05) is 17.8 Å². The average Bonchev–Trinajstić information content (AvgIpc) is 2.62. The molecule has 0 fully saturated rings. The second kappa shape index (κ2) is 5.25. The fraction of sp³-hybridized carbons (Fsp3) is 0.182. The summed E-state index contributed by atoms with van der Waals surface area (Å²) >= 11 is 7.26. The van der Waals surface area contributed by atoms with Gasteiger partial charge in [-0.3, -0.25) is 0 Å². The maximum absolute atomic E-state index is 5.38. The first-order chi connectivity index (χ1) is 7.33. The van der Waals surface area contributed by atoms with Crippen LogP contribution < -0.4 is 0 Å². The van der Waals surface area contributed by atoms with Crippen LogP contribution in [0.4, 0.5) is 0 Å². The van der Waals surface area contributed by atoms with Gasteiger partial charge in [-0.25, -0.2) is 0 Å². The summed E-state index contributed by atoms with van der Waals surface area (Å²) in [6, 6.07) is 10.4. The molecule has 4 heteroatoms. The van der Waals surface area contributed by atoms with Gasteiger partial charge in [-0.15, -0.1) is 11.8 Å². The van der Waals surface area contributed by atoms with Gasteiger partial charge in [-0.05, 0) is 11.3 Å². The largest absolute Gasteiger partial charge is 0.114 e. The van der Waals surface area contributed by atoms with Crippen molar-refractivity contribution in [1.29, 1.82) is 0 Å². The molecule has 1 heterocycles. The molecule has 15 heavy (non-hydrogen) atoms. The Bertz CT molecular complexity index is 481. The minimum Gasteiger partial charge on any atom is -0.114 e. The zero-order valence-corrected chi connectivity index (χ0v) is 11.5. The van der Waals surface area contributed by atoms with E-state index in [9.17, 15) is 0 Å². The van der Waals surface area contributed by atoms with Gasteiger partial charge in [0.15, 0.2) is 0 Å². The molecule has 0 aliphatic heterocycles. The third-order valence-electron chi connectivity index (χ3n) is 1.94. The van der Waals surface area contributed by atoms with E-state index in [0.29, 0.717) is 0 Å². The summed E-state index contributed by atoms with van der Waals surface area (Å²) in [6.45, 7) is 2.17. The van der Waals surface area contributed by atoms with E-state index in [0.717, 1.165) is 9.58 Å². The van der Waals surface area contributed by atoms with Crippen molar-refractivity contribution in [1.82, 2.24) is 0 Å². The highest BCUT2D eigenvalue weighted by molar-refractivity contribution is 8.03. The van der Waals surface area contributed by atoms with Gasteiger partial charge in [0, 0.05) is 5.56 Å². The van der Waals surface area contributed by atoms with Crippen LogP contribution in [0, 0.1) is 3.82 Å². The Morgan fingerprint density at radius 3 is 2.60 bits per heavy atom. The van der Waals surface area contributed by atoms with Crippen molar-refractivity contribution < 1.29 is 0 Å². The van der Waals surface area contributed by atoms with Crippen molar-refractivity contribution in [3.05, 3.63) is 34.2 Å². The lowest BCUT2D eigenvalue weighted by Crippen LogP contribution is -1.76. The maximum Gasteiger partial charge on any atom is 0.110 e. The number of benzene rings is 1. The lowest BCUT2D eigenvalue weighted by Gasteiger charge is -2.00. The molecule has 2 rings (SSSR count). The standard InChI is InChI=1S/C11H10S4/c1-2-13-11-9(10(12)14-15-11)8-6-4-3-5-7-8/h3-7H,2H2,1H3. The fourth-order valence-corrected chi connectivity index (χ4v) is 5.72. The Hall–Kier alpha value is -0.160. The second-order valence-electron chi connectivity index (χ2n) is 2.92. The van der Waals surface area contributed by atoms with Crippen LogP contribution in [0.3, 0.4) is 0 Å². The van der Waals surface area contributed by atoms with Crippen LogP contribution in [0.15, 0.2) is 34.5 Å². The van der Waals surface area contributed by atoms with Crippen molar-refractivity contribution in [3.8, 4) is 11.1 Å². The topological polar surface area (TPSA) is 0 Å². The maximum atomic E-state index is 5.38. The molecule has 0 spiro atoms. The lowest BCUT2D eigenvalue weighted by atomic mass is 10.1. The van der Waals surface area contributed by atoms with Gasteiger partial charge < -0.3 is 0 Å². The predicted molar refractivity (Wildman–Crippen MR) is 74.9 cm³/mol. The van der Waals surface area contributed by atoms with Gasteiger partial charge in [-0.1, -0.05) is 70.2 Å². The van der Waals surface area contributed by atoms with Gasteiger partial charge >= 0.3 is 0 Å². The highest BCUT2D eigenvalue weighted by atomic mass is 32.9.